The van der Waals surface area contributed by atoms with Gasteiger partial charge in [0, 0.05) is 16.1 Å². The predicted molar refractivity (Wildman–Crippen MR) is 111 cm³/mol. The SMILES string of the molecule is CCOc1ccc(C(=O)N/N=C\c2ccc(-c3ccc(Br)cc3[N+](=O)[O-])o2)cc1. The van der Waals surface area contributed by atoms with E-state index in [2.05, 4.69) is 26.5 Å². The lowest BCUT2D eigenvalue weighted by Gasteiger charge is -2.03. The average Bonchev–Trinajstić information content (AvgIpc) is 3.17. The highest BCUT2D eigenvalue weighted by Gasteiger charge is 2.18. The fraction of sp³-hybridized carbons (Fsp3) is 0.100. The summed E-state index contributed by atoms with van der Waals surface area (Å²) in [4.78, 5) is 22.9. The van der Waals surface area contributed by atoms with Gasteiger partial charge in [-0.2, -0.15) is 5.10 Å². The molecule has 29 heavy (non-hydrogen) atoms. The molecule has 0 saturated carbocycles. The maximum atomic E-state index is 12.1. The molecule has 0 bridgehead atoms. The van der Waals surface area contributed by atoms with Crippen molar-refractivity contribution in [1.29, 1.82) is 0 Å². The van der Waals surface area contributed by atoms with Gasteiger partial charge in [-0.3, -0.25) is 14.9 Å². The third kappa shape index (κ3) is 5.08. The van der Waals surface area contributed by atoms with Gasteiger partial charge in [0.2, 0.25) is 0 Å². The number of furan rings is 1. The van der Waals surface area contributed by atoms with Gasteiger partial charge in [-0.25, -0.2) is 5.43 Å². The van der Waals surface area contributed by atoms with E-state index in [0.717, 1.165) is 0 Å². The molecule has 0 atom stereocenters. The van der Waals surface area contributed by atoms with E-state index in [9.17, 15) is 14.9 Å². The summed E-state index contributed by atoms with van der Waals surface area (Å²) < 4.78 is 11.5. The van der Waals surface area contributed by atoms with E-state index < -0.39 is 4.92 Å². The van der Waals surface area contributed by atoms with E-state index in [-0.39, 0.29) is 11.6 Å². The van der Waals surface area contributed by atoms with Crippen LogP contribution in [0.4, 0.5) is 5.69 Å². The molecule has 0 radical (unpaired) electrons. The molecular weight excluding hydrogens is 442 g/mol. The Bertz CT molecular complexity index is 1060. The minimum Gasteiger partial charge on any atom is -0.494 e. The number of rotatable bonds is 7. The number of hydrogen-bond acceptors (Lipinski definition) is 6. The quantitative estimate of drug-likeness (QED) is 0.312. The van der Waals surface area contributed by atoms with E-state index >= 15 is 0 Å². The predicted octanol–water partition coefficient (Wildman–Crippen LogP) is 4.78. The Balaban J connectivity index is 1.68. The number of carbonyl (C=O) groups excluding carboxylic acids is 1. The molecule has 3 rings (SSSR count). The van der Waals surface area contributed by atoms with E-state index in [1.807, 2.05) is 6.92 Å². The number of hydrogen-bond donors (Lipinski definition) is 1. The molecule has 0 aliphatic heterocycles. The van der Waals surface area contributed by atoms with Crippen LogP contribution in [-0.2, 0) is 0 Å². The van der Waals surface area contributed by atoms with Gasteiger partial charge in [-0.05, 0) is 55.5 Å². The molecule has 0 aliphatic rings. The van der Waals surface area contributed by atoms with Crippen LogP contribution in [0.25, 0.3) is 11.3 Å². The molecule has 0 aliphatic carbocycles. The van der Waals surface area contributed by atoms with Crippen molar-refractivity contribution >= 4 is 33.7 Å². The standard InChI is InChI=1S/C20H16BrN3O5/c1-2-28-15-6-3-13(4-7-15)20(25)23-22-12-16-8-10-19(29-16)17-9-5-14(21)11-18(17)24(26)27/h3-12H,2H2,1H3,(H,23,25)/b22-12-. The molecule has 9 heteroatoms. The summed E-state index contributed by atoms with van der Waals surface area (Å²) in [5, 5.41) is 15.1. The molecular formula is C20H16BrN3O5. The van der Waals surface area contributed by atoms with Gasteiger partial charge >= 0.3 is 0 Å². The van der Waals surface area contributed by atoms with E-state index in [1.54, 1.807) is 48.5 Å². The first-order valence-electron chi connectivity index (χ1n) is 8.58. The number of benzene rings is 2. The second-order valence-electron chi connectivity index (χ2n) is 5.78. The summed E-state index contributed by atoms with van der Waals surface area (Å²) in [6.45, 7) is 2.43. The van der Waals surface area contributed by atoms with Gasteiger partial charge in [0.25, 0.3) is 11.6 Å². The van der Waals surface area contributed by atoms with Crippen molar-refractivity contribution in [1.82, 2.24) is 5.43 Å². The fourth-order valence-corrected chi connectivity index (χ4v) is 2.87. The number of hydrazone groups is 1. The summed E-state index contributed by atoms with van der Waals surface area (Å²) >= 11 is 3.22. The summed E-state index contributed by atoms with van der Waals surface area (Å²) in [5.41, 5.74) is 3.09. The lowest BCUT2D eigenvalue weighted by Crippen LogP contribution is -2.17. The summed E-state index contributed by atoms with van der Waals surface area (Å²) in [6, 6.07) is 14.6. The number of amides is 1. The molecule has 0 spiro atoms. The van der Waals surface area contributed by atoms with Crippen LogP contribution >= 0.6 is 15.9 Å². The summed E-state index contributed by atoms with van der Waals surface area (Å²) in [5.74, 6) is 0.949. The number of ether oxygens (including phenoxy) is 1. The van der Waals surface area contributed by atoms with Crippen LogP contribution in [0.5, 0.6) is 5.75 Å². The largest absolute Gasteiger partial charge is 0.494 e. The summed E-state index contributed by atoms with van der Waals surface area (Å²) in [7, 11) is 0. The fourth-order valence-electron chi connectivity index (χ4n) is 2.52. The van der Waals surface area contributed by atoms with Crippen molar-refractivity contribution in [3.63, 3.8) is 0 Å². The Morgan fingerprint density at radius 1 is 1.24 bits per heavy atom. The Morgan fingerprint density at radius 3 is 2.69 bits per heavy atom. The van der Waals surface area contributed by atoms with Crippen molar-refractivity contribution in [3.8, 4) is 17.1 Å². The minimum atomic E-state index is -0.479. The first-order valence-corrected chi connectivity index (χ1v) is 9.37. The van der Waals surface area contributed by atoms with Crippen LogP contribution in [-0.4, -0.2) is 23.7 Å². The molecule has 1 aromatic heterocycles. The van der Waals surface area contributed by atoms with E-state index in [4.69, 9.17) is 9.15 Å². The first-order chi connectivity index (χ1) is 14.0. The van der Waals surface area contributed by atoms with Gasteiger partial charge in [0.15, 0.2) is 0 Å². The topological polar surface area (TPSA) is 107 Å². The monoisotopic (exact) mass is 457 g/mol. The molecule has 1 amide bonds. The van der Waals surface area contributed by atoms with Crippen LogP contribution in [0.2, 0.25) is 0 Å². The van der Waals surface area contributed by atoms with Crippen LogP contribution < -0.4 is 10.2 Å². The molecule has 0 unspecified atom stereocenters. The maximum absolute atomic E-state index is 12.1. The van der Waals surface area contributed by atoms with Crippen molar-refractivity contribution in [2.45, 2.75) is 6.92 Å². The van der Waals surface area contributed by atoms with Crippen LogP contribution in [0.1, 0.15) is 23.0 Å². The molecule has 0 saturated heterocycles. The smallest absolute Gasteiger partial charge is 0.281 e. The molecule has 1 heterocycles. The van der Waals surface area contributed by atoms with Crippen LogP contribution in [0, 0.1) is 10.1 Å². The van der Waals surface area contributed by atoms with E-state index in [1.165, 1.54) is 12.3 Å². The zero-order chi connectivity index (χ0) is 20.8. The number of carbonyl (C=O) groups is 1. The molecule has 3 aromatic rings. The maximum Gasteiger partial charge on any atom is 0.281 e. The lowest BCUT2D eigenvalue weighted by atomic mass is 10.1. The second kappa shape index (κ2) is 9.16. The van der Waals surface area contributed by atoms with Crippen molar-refractivity contribution < 1.29 is 18.9 Å². The van der Waals surface area contributed by atoms with Gasteiger partial charge in [-0.15, -0.1) is 0 Å². The van der Waals surface area contributed by atoms with Crippen molar-refractivity contribution in [3.05, 3.63) is 80.5 Å². The zero-order valence-electron chi connectivity index (χ0n) is 15.3. The van der Waals surface area contributed by atoms with Gasteiger partial charge < -0.3 is 9.15 Å². The molecule has 2 aromatic carbocycles. The van der Waals surface area contributed by atoms with E-state index in [0.29, 0.717) is 39.5 Å². The van der Waals surface area contributed by atoms with Gasteiger partial charge in [-0.1, -0.05) is 15.9 Å². The van der Waals surface area contributed by atoms with Crippen molar-refractivity contribution in [2.24, 2.45) is 5.10 Å². The number of halogens is 1. The Kier molecular flexibility index (Phi) is 6.40. The molecule has 1 N–H and O–H groups in total. The zero-order valence-corrected chi connectivity index (χ0v) is 16.9. The molecule has 8 nitrogen and oxygen atoms in total. The van der Waals surface area contributed by atoms with Crippen LogP contribution in [0.15, 0.2) is 68.6 Å². The average molecular weight is 458 g/mol. The highest BCUT2D eigenvalue weighted by Crippen LogP contribution is 2.33. The molecule has 0 fully saturated rings. The highest BCUT2D eigenvalue weighted by molar-refractivity contribution is 9.10. The molecule has 148 valence electrons. The lowest BCUT2D eigenvalue weighted by molar-refractivity contribution is -0.384. The Morgan fingerprint density at radius 2 is 2.00 bits per heavy atom. The van der Waals surface area contributed by atoms with Gasteiger partial charge in [0.05, 0.1) is 23.3 Å². The third-order valence-corrected chi connectivity index (χ3v) is 4.33. The normalized spacial score (nSPS) is 10.8. The number of nitro benzene ring substituents is 1. The van der Waals surface area contributed by atoms with Crippen molar-refractivity contribution in [2.75, 3.05) is 6.61 Å². The first kappa shape index (κ1) is 20.3. The Labute approximate surface area is 174 Å². The van der Waals surface area contributed by atoms with Gasteiger partial charge in [0.1, 0.15) is 17.3 Å². The Hall–Kier alpha value is -3.46. The number of nitrogens with zero attached hydrogens (tertiary/aromatic N) is 2. The summed E-state index contributed by atoms with van der Waals surface area (Å²) in [6.07, 6.45) is 1.32. The van der Waals surface area contributed by atoms with Crippen LogP contribution in [0.3, 0.4) is 0 Å². The second-order valence-corrected chi connectivity index (χ2v) is 6.69. The highest BCUT2D eigenvalue weighted by atomic mass is 79.9. The number of nitrogens with one attached hydrogen (secondary N) is 1. The third-order valence-electron chi connectivity index (χ3n) is 3.83. The minimum absolute atomic E-state index is 0.0824. The number of nitro groups is 1.